The van der Waals surface area contributed by atoms with E-state index < -0.39 is 78.6 Å². The topological polar surface area (TPSA) is 265 Å². The maximum atomic E-state index is 13.4. The number of aromatic amines is 2. The number of carbonyl (C=O) groups excluding carboxylic acids is 5. The van der Waals surface area contributed by atoms with Gasteiger partial charge in [-0.15, -0.1) is 0 Å². The molecule has 0 spiro atoms. The van der Waals surface area contributed by atoms with Gasteiger partial charge in [-0.1, -0.05) is 18.2 Å². The fourth-order valence-electron chi connectivity index (χ4n) is 4.32. The predicted molar refractivity (Wildman–Crippen MR) is 156 cm³/mol. The Morgan fingerprint density at radius 2 is 1.53 bits per heavy atom. The van der Waals surface area contributed by atoms with Gasteiger partial charge in [-0.25, -0.2) is 9.78 Å². The van der Waals surface area contributed by atoms with Crippen molar-refractivity contribution in [2.75, 3.05) is 6.54 Å². The first-order chi connectivity index (χ1) is 21.3. The molecule has 3 rings (SSSR count). The zero-order valence-electron chi connectivity index (χ0n) is 24.4. The van der Waals surface area contributed by atoms with Gasteiger partial charge in [-0.3, -0.25) is 28.8 Å². The van der Waals surface area contributed by atoms with Gasteiger partial charge in [0.1, 0.15) is 24.2 Å². The van der Waals surface area contributed by atoms with Crippen LogP contribution in [0.15, 0.2) is 43.0 Å². The van der Waals surface area contributed by atoms with Crippen LogP contribution in [0.5, 0.6) is 0 Å². The van der Waals surface area contributed by atoms with Crippen LogP contribution in [0.3, 0.4) is 0 Å². The molecule has 2 heterocycles. The highest BCUT2D eigenvalue weighted by molar-refractivity contribution is 5.96. The molecule has 0 fully saturated rings. The van der Waals surface area contributed by atoms with E-state index in [9.17, 15) is 43.8 Å². The van der Waals surface area contributed by atoms with E-state index in [1.165, 1.54) is 26.4 Å². The largest absolute Gasteiger partial charge is 0.481 e. The Morgan fingerprint density at radius 1 is 0.844 bits per heavy atom. The van der Waals surface area contributed by atoms with Crippen molar-refractivity contribution < 1.29 is 43.8 Å². The van der Waals surface area contributed by atoms with Crippen molar-refractivity contribution in [2.24, 2.45) is 0 Å². The average Bonchev–Trinajstić information content (AvgIpc) is 3.64. The third-order valence-electron chi connectivity index (χ3n) is 6.60. The quantitative estimate of drug-likeness (QED) is 0.0872. The number of carbonyl (C=O) groups is 7. The minimum Gasteiger partial charge on any atom is -0.481 e. The summed E-state index contributed by atoms with van der Waals surface area (Å²) in [6, 6.07) is 1.68. The number of aromatic nitrogens is 3. The number of imidazole rings is 1. The van der Waals surface area contributed by atoms with Gasteiger partial charge >= 0.3 is 11.9 Å². The van der Waals surface area contributed by atoms with Gasteiger partial charge in [0.2, 0.25) is 29.5 Å². The number of H-pyrrole nitrogens is 2. The van der Waals surface area contributed by atoms with Crippen LogP contribution in [-0.2, 0) is 46.4 Å². The molecule has 0 unspecified atom stereocenters. The van der Waals surface area contributed by atoms with Crippen LogP contribution in [0.25, 0.3) is 10.9 Å². The van der Waals surface area contributed by atoms with Crippen molar-refractivity contribution in [1.29, 1.82) is 0 Å². The number of amides is 5. The second kappa shape index (κ2) is 15.6. The van der Waals surface area contributed by atoms with Crippen LogP contribution in [0, 0.1) is 0 Å². The van der Waals surface area contributed by atoms with Crippen LogP contribution in [0.1, 0.15) is 31.5 Å². The summed E-state index contributed by atoms with van der Waals surface area (Å²) in [7, 11) is 0. The molecule has 0 aliphatic heterocycles. The van der Waals surface area contributed by atoms with Crippen molar-refractivity contribution >= 4 is 52.4 Å². The number of nitrogens with zero attached hydrogens (tertiary/aromatic N) is 1. The van der Waals surface area contributed by atoms with Crippen LogP contribution in [0.2, 0.25) is 0 Å². The summed E-state index contributed by atoms with van der Waals surface area (Å²) in [5.41, 5.74) is 1.82. The number of para-hydroxylation sites is 1. The molecule has 45 heavy (non-hydrogen) atoms. The van der Waals surface area contributed by atoms with Crippen molar-refractivity contribution in [3.63, 3.8) is 0 Å². The Kier molecular flexibility index (Phi) is 11.7. The summed E-state index contributed by atoms with van der Waals surface area (Å²) in [6.45, 7) is 1.93. The second-order valence-electron chi connectivity index (χ2n) is 10.1. The van der Waals surface area contributed by atoms with E-state index in [1.807, 2.05) is 18.2 Å². The second-order valence-corrected chi connectivity index (χ2v) is 10.1. The van der Waals surface area contributed by atoms with Gasteiger partial charge in [0, 0.05) is 43.1 Å². The molecule has 17 heteroatoms. The first-order valence-electron chi connectivity index (χ1n) is 13.8. The number of rotatable bonds is 16. The first-order valence-corrected chi connectivity index (χ1v) is 13.8. The number of aliphatic carboxylic acids is 2. The van der Waals surface area contributed by atoms with Gasteiger partial charge < -0.3 is 46.8 Å². The number of fused-ring (bicyclic) bond motifs is 1. The van der Waals surface area contributed by atoms with Crippen LogP contribution in [0.4, 0.5) is 0 Å². The number of carboxylic acids is 2. The normalized spacial score (nSPS) is 13.5. The zero-order chi connectivity index (χ0) is 33.1. The Bertz CT molecular complexity index is 1550. The predicted octanol–water partition coefficient (Wildman–Crippen LogP) is -1.67. The Morgan fingerprint density at radius 3 is 2.18 bits per heavy atom. The summed E-state index contributed by atoms with van der Waals surface area (Å²) in [6.07, 6.45) is 3.48. The molecule has 5 amide bonds. The number of hydrogen-bond acceptors (Lipinski definition) is 8. The van der Waals surface area contributed by atoms with Crippen molar-refractivity contribution in [1.82, 2.24) is 41.5 Å². The molecular weight excluding hydrogens is 592 g/mol. The molecule has 9 N–H and O–H groups in total. The minimum atomic E-state index is -1.58. The Balaban J connectivity index is 1.70. The van der Waals surface area contributed by atoms with Gasteiger partial charge in [-0.05, 0) is 18.6 Å². The molecule has 0 bridgehead atoms. The van der Waals surface area contributed by atoms with Crippen molar-refractivity contribution in [2.45, 2.75) is 57.3 Å². The smallest absolute Gasteiger partial charge is 0.326 e. The molecule has 240 valence electrons. The number of benzene rings is 1. The number of carboxylic acid groups (broad SMARTS) is 2. The minimum absolute atomic E-state index is 0.0563. The molecule has 0 aliphatic rings. The maximum Gasteiger partial charge on any atom is 0.326 e. The summed E-state index contributed by atoms with van der Waals surface area (Å²) in [5, 5.41) is 31.5. The fourth-order valence-corrected chi connectivity index (χ4v) is 4.32. The fraction of sp³-hybridized carbons (Fsp3) is 0.357. The van der Waals surface area contributed by atoms with E-state index >= 15 is 0 Å². The van der Waals surface area contributed by atoms with Gasteiger partial charge in [0.15, 0.2) is 0 Å². The zero-order valence-corrected chi connectivity index (χ0v) is 24.4. The Labute approximate surface area is 255 Å². The third-order valence-corrected chi connectivity index (χ3v) is 6.60. The van der Waals surface area contributed by atoms with E-state index in [1.54, 1.807) is 12.3 Å². The summed E-state index contributed by atoms with van der Waals surface area (Å²) in [4.78, 5) is 95.5. The number of nitrogens with one attached hydrogen (secondary N) is 7. The lowest BCUT2D eigenvalue weighted by Crippen LogP contribution is -2.58. The molecule has 3 aromatic rings. The van der Waals surface area contributed by atoms with E-state index in [2.05, 4.69) is 41.5 Å². The van der Waals surface area contributed by atoms with Crippen LogP contribution >= 0.6 is 0 Å². The summed E-state index contributed by atoms with van der Waals surface area (Å²) < 4.78 is 0. The third kappa shape index (κ3) is 10.2. The molecule has 0 aliphatic carbocycles. The standard InChI is InChI=1S/C28H34N8O9/c1-14(33-26(42)21(9-24(39)40)34-23(38)12-30-15(2)37)25(41)35-20(8-17-11-29-13-32-17)27(43)36-22(28(44)45)7-16-10-31-19-6-4-3-5-18(16)19/h3-6,10-11,13-14,20-22,31H,7-9,12H2,1-2H3,(H,29,32)(H,30,37)(H,33,42)(H,34,38)(H,35,41)(H,36,43)(H,39,40)(H,44,45)/t14-,20-,21-,22-/m0/s1. The SMILES string of the molecule is CC(=O)NCC(=O)N[C@@H](CC(=O)O)C(=O)N[C@@H](C)C(=O)N[C@@H](Cc1c[nH]cn1)C(=O)N[C@@H](Cc1c[nH]c2ccccc12)C(=O)O. The first kappa shape index (κ1) is 33.8. The van der Waals surface area contributed by atoms with Gasteiger partial charge in [0.25, 0.3) is 0 Å². The lowest BCUT2D eigenvalue weighted by atomic mass is 10.0. The summed E-state index contributed by atoms with van der Waals surface area (Å²) >= 11 is 0. The molecule has 0 saturated carbocycles. The monoisotopic (exact) mass is 626 g/mol. The van der Waals surface area contributed by atoms with E-state index in [0.29, 0.717) is 11.3 Å². The van der Waals surface area contributed by atoms with Gasteiger partial charge in [0.05, 0.1) is 25.0 Å². The van der Waals surface area contributed by atoms with Crippen molar-refractivity contribution in [3.8, 4) is 0 Å². The molecule has 0 saturated heterocycles. The highest BCUT2D eigenvalue weighted by Crippen LogP contribution is 2.19. The Hall–Kier alpha value is -5.74. The van der Waals surface area contributed by atoms with E-state index in [0.717, 1.165) is 10.9 Å². The maximum absolute atomic E-state index is 13.4. The van der Waals surface area contributed by atoms with Gasteiger partial charge in [-0.2, -0.15) is 0 Å². The van der Waals surface area contributed by atoms with Crippen molar-refractivity contribution in [3.05, 3.63) is 54.2 Å². The van der Waals surface area contributed by atoms with E-state index in [4.69, 9.17) is 0 Å². The van der Waals surface area contributed by atoms with Crippen LogP contribution in [-0.4, -0.2) is 97.4 Å². The molecule has 4 atom stereocenters. The lowest BCUT2D eigenvalue weighted by Gasteiger charge is -2.24. The van der Waals surface area contributed by atoms with Crippen LogP contribution < -0.4 is 26.6 Å². The molecule has 0 radical (unpaired) electrons. The molecular formula is C28H34N8O9. The number of hydrogen-bond donors (Lipinski definition) is 9. The highest BCUT2D eigenvalue weighted by atomic mass is 16.4. The summed E-state index contributed by atoms with van der Waals surface area (Å²) in [5.74, 6) is -6.76. The molecule has 2 aromatic heterocycles. The van der Waals surface area contributed by atoms with E-state index in [-0.39, 0.29) is 12.8 Å². The lowest BCUT2D eigenvalue weighted by molar-refractivity contribution is -0.142. The molecule has 17 nitrogen and oxygen atoms in total. The molecule has 1 aromatic carbocycles. The highest BCUT2D eigenvalue weighted by Gasteiger charge is 2.31. The average molecular weight is 627 g/mol.